The van der Waals surface area contributed by atoms with Gasteiger partial charge in [-0.05, 0) is 16.6 Å². The summed E-state index contributed by atoms with van der Waals surface area (Å²) in [5.41, 5.74) is 9.25. The van der Waals surface area contributed by atoms with Gasteiger partial charge in [-0.25, -0.2) is 5.43 Å². The molecule has 1 unspecified atom stereocenters. The highest BCUT2D eigenvalue weighted by atomic mass is 15.4. The molecule has 2 N–H and O–H groups in total. The van der Waals surface area contributed by atoms with Crippen molar-refractivity contribution in [1.82, 2.24) is 10.9 Å². The van der Waals surface area contributed by atoms with Crippen molar-refractivity contribution in [1.29, 1.82) is 0 Å². The molecule has 0 saturated heterocycles. The summed E-state index contributed by atoms with van der Waals surface area (Å²) in [4.78, 5) is 0. The predicted octanol–water partition coefficient (Wildman–Crippen LogP) is 2.55. The molecule has 15 heavy (non-hydrogen) atoms. The molecule has 0 aliphatic carbocycles. The van der Waals surface area contributed by atoms with Gasteiger partial charge in [-0.2, -0.15) is 0 Å². The van der Waals surface area contributed by atoms with Gasteiger partial charge in [0, 0.05) is 6.20 Å². The lowest BCUT2D eigenvalue weighted by atomic mass is 9.81. The van der Waals surface area contributed by atoms with Crippen LogP contribution < -0.4 is 10.9 Å². The van der Waals surface area contributed by atoms with Crippen molar-refractivity contribution in [2.24, 2.45) is 5.41 Å². The first-order valence-corrected chi connectivity index (χ1v) is 5.35. The van der Waals surface area contributed by atoms with Gasteiger partial charge in [-0.3, -0.25) is 0 Å². The number of nitrogens with one attached hydrogen (secondary N) is 2. The van der Waals surface area contributed by atoms with Gasteiger partial charge in [-0.1, -0.05) is 51.1 Å². The van der Waals surface area contributed by atoms with Crippen molar-refractivity contribution >= 4 is 5.57 Å². The van der Waals surface area contributed by atoms with Gasteiger partial charge >= 0.3 is 0 Å². The minimum Gasteiger partial charge on any atom is -0.328 e. The first-order chi connectivity index (χ1) is 7.09. The molecule has 1 atom stereocenters. The Labute approximate surface area is 91.4 Å². The van der Waals surface area contributed by atoms with Gasteiger partial charge in [0.15, 0.2) is 0 Å². The highest BCUT2D eigenvalue weighted by molar-refractivity contribution is 5.71. The van der Waals surface area contributed by atoms with E-state index in [1.165, 1.54) is 11.1 Å². The van der Waals surface area contributed by atoms with Crippen LogP contribution in [-0.2, 0) is 0 Å². The van der Waals surface area contributed by atoms with Crippen LogP contribution in [0.5, 0.6) is 0 Å². The first-order valence-electron chi connectivity index (χ1n) is 5.35. The van der Waals surface area contributed by atoms with Crippen molar-refractivity contribution in [3.8, 4) is 0 Å². The average molecular weight is 202 g/mol. The van der Waals surface area contributed by atoms with Gasteiger partial charge < -0.3 is 5.43 Å². The molecule has 2 rings (SSSR count). The number of benzene rings is 1. The largest absolute Gasteiger partial charge is 0.328 e. The second-order valence-corrected chi connectivity index (χ2v) is 5.05. The minimum atomic E-state index is 0.213. The van der Waals surface area contributed by atoms with Crippen LogP contribution in [0.25, 0.3) is 5.57 Å². The second kappa shape index (κ2) is 3.70. The van der Waals surface area contributed by atoms with E-state index in [9.17, 15) is 0 Å². The summed E-state index contributed by atoms with van der Waals surface area (Å²) in [6.45, 7) is 6.73. The number of hydrogen-bond acceptors (Lipinski definition) is 2. The Bertz CT molecular complexity index is 360. The Morgan fingerprint density at radius 2 is 1.73 bits per heavy atom. The third-order valence-electron chi connectivity index (χ3n) is 2.74. The Morgan fingerprint density at radius 3 is 2.33 bits per heavy atom. The van der Waals surface area contributed by atoms with Crippen molar-refractivity contribution < 1.29 is 0 Å². The van der Waals surface area contributed by atoms with E-state index in [4.69, 9.17) is 0 Å². The molecule has 0 bridgehead atoms. The number of hydrogen-bond donors (Lipinski definition) is 2. The molecule has 0 fully saturated rings. The standard InChI is InChI=1S/C13H18N2/c1-13(2,3)12-11(9-14-15-12)10-7-5-4-6-8-10/h4-9,12,14-15H,1-3H3. The van der Waals surface area contributed by atoms with E-state index >= 15 is 0 Å². The van der Waals surface area contributed by atoms with Crippen molar-refractivity contribution in [3.63, 3.8) is 0 Å². The summed E-state index contributed by atoms with van der Waals surface area (Å²) >= 11 is 0. The lowest BCUT2D eigenvalue weighted by Gasteiger charge is -2.29. The van der Waals surface area contributed by atoms with Crippen LogP contribution >= 0.6 is 0 Å². The molecule has 2 nitrogen and oxygen atoms in total. The molecule has 2 heteroatoms. The molecule has 0 radical (unpaired) electrons. The van der Waals surface area contributed by atoms with Crippen LogP contribution in [0.3, 0.4) is 0 Å². The van der Waals surface area contributed by atoms with Crippen molar-refractivity contribution in [3.05, 3.63) is 42.1 Å². The quantitative estimate of drug-likeness (QED) is 0.731. The van der Waals surface area contributed by atoms with Crippen LogP contribution in [0.2, 0.25) is 0 Å². The third-order valence-corrected chi connectivity index (χ3v) is 2.74. The zero-order valence-corrected chi connectivity index (χ0v) is 9.54. The molecule has 0 spiro atoms. The molecule has 0 amide bonds. The van der Waals surface area contributed by atoms with E-state index in [0.29, 0.717) is 6.04 Å². The van der Waals surface area contributed by atoms with Crippen LogP contribution in [0.1, 0.15) is 26.3 Å². The fourth-order valence-corrected chi connectivity index (χ4v) is 1.93. The SMILES string of the molecule is CC(C)(C)C1NNC=C1c1ccccc1. The zero-order chi connectivity index (χ0) is 10.9. The van der Waals surface area contributed by atoms with Gasteiger partial charge in [0.25, 0.3) is 0 Å². The number of hydrazine groups is 1. The fraction of sp³-hybridized carbons (Fsp3) is 0.385. The van der Waals surface area contributed by atoms with Crippen LogP contribution in [-0.4, -0.2) is 6.04 Å². The zero-order valence-electron chi connectivity index (χ0n) is 9.54. The summed E-state index contributed by atoms with van der Waals surface area (Å²) in [6, 6.07) is 10.9. The molecule has 0 aromatic heterocycles. The van der Waals surface area contributed by atoms with Gasteiger partial charge in [-0.15, -0.1) is 0 Å². The van der Waals surface area contributed by atoms with Gasteiger partial charge in [0.1, 0.15) is 0 Å². The van der Waals surface area contributed by atoms with Crippen LogP contribution in [0.4, 0.5) is 0 Å². The van der Waals surface area contributed by atoms with Gasteiger partial charge in [0.05, 0.1) is 6.04 Å². The molecule has 0 saturated carbocycles. The smallest absolute Gasteiger partial charge is 0.0578 e. The second-order valence-electron chi connectivity index (χ2n) is 5.05. The Balaban J connectivity index is 2.30. The Hall–Kier alpha value is -1.28. The average Bonchev–Trinajstić information content (AvgIpc) is 2.67. The van der Waals surface area contributed by atoms with E-state index < -0.39 is 0 Å². The summed E-state index contributed by atoms with van der Waals surface area (Å²) in [6.07, 6.45) is 2.06. The molecular weight excluding hydrogens is 184 g/mol. The maximum Gasteiger partial charge on any atom is 0.0578 e. The maximum absolute atomic E-state index is 3.30. The monoisotopic (exact) mass is 202 g/mol. The molecule has 80 valence electrons. The van der Waals surface area contributed by atoms with E-state index in [1.807, 2.05) is 6.07 Å². The Kier molecular flexibility index (Phi) is 2.53. The van der Waals surface area contributed by atoms with Crippen LogP contribution in [0.15, 0.2) is 36.5 Å². The fourth-order valence-electron chi connectivity index (χ4n) is 1.93. The van der Waals surface area contributed by atoms with E-state index in [1.54, 1.807) is 0 Å². The van der Waals surface area contributed by atoms with Gasteiger partial charge in [0.2, 0.25) is 0 Å². The van der Waals surface area contributed by atoms with Crippen molar-refractivity contribution in [2.45, 2.75) is 26.8 Å². The minimum absolute atomic E-state index is 0.213. The highest BCUT2D eigenvalue weighted by Crippen LogP contribution is 2.32. The lowest BCUT2D eigenvalue weighted by Crippen LogP contribution is -2.41. The maximum atomic E-state index is 3.30. The summed E-state index contributed by atoms with van der Waals surface area (Å²) in [5.74, 6) is 0. The van der Waals surface area contributed by atoms with Crippen LogP contribution in [0, 0.1) is 5.41 Å². The topological polar surface area (TPSA) is 24.1 Å². The van der Waals surface area contributed by atoms with E-state index in [0.717, 1.165) is 0 Å². The molecule has 1 aromatic rings. The van der Waals surface area contributed by atoms with E-state index in [2.05, 4.69) is 62.1 Å². The number of rotatable bonds is 1. The summed E-state index contributed by atoms with van der Waals surface area (Å²) < 4.78 is 0. The Morgan fingerprint density at radius 1 is 1.07 bits per heavy atom. The molecule has 1 heterocycles. The summed E-state index contributed by atoms with van der Waals surface area (Å²) in [7, 11) is 0. The van der Waals surface area contributed by atoms with E-state index in [-0.39, 0.29) is 5.41 Å². The predicted molar refractivity (Wildman–Crippen MR) is 63.9 cm³/mol. The first kappa shape index (κ1) is 10.2. The normalized spacial score (nSPS) is 21.0. The lowest BCUT2D eigenvalue weighted by molar-refractivity contribution is 0.321. The molecule has 1 aromatic carbocycles. The van der Waals surface area contributed by atoms with Crippen molar-refractivity contribution in [2.75, 3.05) is 0 Å². The summed E-state index contributed by atoms with van der Waals surface area (Å²) in [5, 5.41) is 0. The highest BCUT2D eigenvalue weighted by Gasteiger charge is 2.31. The molecule has 1 aliphatic rings. The molecule has 1 aliphatic heterocycles. The third kappa shape index (κ3) is 2.05. The molecular formula is C13H18N2.